The molecule has 2 aliphatic rings. The molecule has 2 saturated heterocycles. The highest BCUT2D eigenvalue weighted by Crippen LogP contribution is 1.72. The number of rotatable bonds is 0. The number of hydrogen-bond acceptors (Lipinski definition) is 4. The van der Waals surface area contributed by atoms with Gasteiger partial charge in [-0.15, -0.1) is 0 Å². The second kappa shape index (κ2) is 6.33. The molecule has 0 atom stereocenters. The van der Waals surface area contributed by atoms with Crippen LogP contribution in [0.25, 0.3) is 0 Å². The van der Waals surface area contributed by atoms with Crippen LogP contribution in [0.1, 0.15) is 0 Å². The highest BCUT2D eigenvalue weighted by atomic mass is 16.2. The summed E-state index contributed by atoms with van der Waals surface area (Å²) in [5.74, 6) is -0.241. The number of hydrogen-bond donors (Lipinski definition) is 4. The Labute approximate surface area is 82.8 Å². The van der Waals surface area contributed by atoms with Gasteiger partial charge in [0.2, 0.25) is 11.8 Å². The zero-order valence-corrected chi connectivity index (χ0v) is 8.06. The molecule has 14 heavy (non-hydrogen) atoms. The molecule has 2 heterocycles. The van der Waals surface area contributed by atoms with E-state index in [4.69, 9.17) is 0 Å². The molecule has 0 unspecified atom stereocenters. The molecule has 2 aliphatic heterocycles. The van der Waals surface area contributed by atoms with Gasteiger partial charge in [-0.3, -0.25) is 9.59 Å². The molecule has 0 bridgehead atoms. The average molecular weight is 200 g/mol. The van der Waals surface area contributed by atoms with Crippen molar-refractivity contribution in [2.24, 2.45) is 0 Å². The molecule has 2 rings (SSSR count). The Bertz CT molecular complexity index is 164. The van der Waals surface area contributed by atoms with Crippen LogP contribution in [0.5, 0.6) is 0 Å². The highest BCUT2D eigenvalue weighted by molar-refractivity contribution is 5.92. The van der Waals surface area contributed by atoms with Crippen molar-refractivity contribution in [1.29, 1.82) is 0 Å². The van der Waals surface area contributed by atoms with Gasteiger partial charge in [0.25, 0.3) is 0 Å². The monoisotopic (exact) mass is 200 g/mol. The summed E-state index contributed by atoms with van der Waals surface area (Å²) >= 11 is 0. The van der Waals surface area contributed by atoms with E-state index in [9.17, 15) is 9.59 Å². The van der Waals surface area contributed by atoms with E-state index >= 15 is 0 Å². The van der Waals surface area contributed by atoms with Crippen LogP contribution in [0.3, 0.4) is 0 Å². The summed E-state index contributed by atoms with van der Waals surface area (Å²) in [4.78, 5) is 20.6. The number of nitrogens with one attached hydrogen (secondary N) is 4. The summed E-state index contributed by atoms with van der Waals surface area (Å²) in [6.07, 6.45) is 0. The van der Waals surface area contributed by atoms with E-state index in [2.05, 4.69) is 21.3 Å². The third kappa shape index (κ3) is 4.78. The first-order valence-corrected chi connectivity index (χ1v) is 4.74. The van der Waals surface area contributed by atoms with Crippen LogP contribution >= 0.6 is 0 Å². The number of piperazine rings is 2. The molecule has 0 saturated carbocycles. The van der Waals surface area contributed by atoms with E-state index < -0.39 is 0 Å². The standard InChI is InChI=1S/C4H6N2O2.C4H10N2/c7-3-1-5-4(8)2-6-3;1-2-6-4-3-5-1/h1-2H2,(H,5,8)(H,6,7);5-6H,1-4H2. The van der Waals surface area contributed by atoms with Crippen molar-refractivity contribution >= 4 is 11.8 Å². The Morgan fingerprint density at radius 3 is 1.29 bits per heavy atom. The fourth-order valence-electron chi connectivity index (χ4n) is 1.09. The van der Waals surface area contributed by atoms with Crippen LogP contribution in [0.4, 0.5) is 0 Å². The lowest BCUT2D eigenvalue weighted by atomic mass is 10.4. The van der Waals surface area contributed by atoms with Gasteiger partial charge in [-0.05, 0) is 0 Å². The van der Waals surface area contributed by atoms with Gasteiger partial charge in [0.1, 0.15) is 0 Å². The third-order valence-electron chi connectivity index (χ3n) is 1.85. The average Bonchev–Trinajstić information content (AvgIpc) is 2.26. The molecule has 0 aliphatic carbocycles. The maximum Gasteiger partial charge on any atom is 0.239 e. The minimum absolute atomic E-state index is 0.121. The van der Waals surface area contributed by atoms with Crippen molar-refractivity contribution in [3.63, 3.8) is 0 Å². The quantitative estimate of drug-likeness (QED) is 0.346. The summed E-state index contributed by atoms with van der Waals surface area (Å²) < 4.78 is 0. The van der Waals surface area contributed by atoms with Crippen LogP contribution in [-0.2, 0) is 9.59 Å². The first kappa shape index (κ1) is 10.9. The zero-order valence-electron chi connectivity index (χ0n) is 8.06. The molecule has 0 spiro atoms. The second-order valence-electron chi connectivity index (χ2n) is 3.05. The molecule has 0 radical (unpaired) electrons. The van der Waals surface area contributed by atoms with Crippen molar-refractivity contribution in [3.05, 3.63) is 0 Å². The Hall–Kier alpha value is -1.14. The molecular weight excluding hydrogens is 184 g/mol. The van der Waals surface area contributed by atoms with Crippen LogP contribution in [0.2, 0.25) is 0 Å². The van der Waals surface area contributed by atoms with Crippen LogP contribution in [0, 0.1) is 0 Å². The SMILES string of the molecule is C1CNCCN1.O=C1CNC(=O)CN1. The van der Waals surface area contributed by atoms with E-state index in [0.717, 1.165) is 26.2 Å². The Balaban J connectivity index is 0.000000146. The maximum absolute atomic E-state index is 10.3. The lowest BCUT2D eigenvalue weighted by Crippen LogP contribution is -2.48. The van der Waals surface area contributed by atoms with Crippen molar-refractivity contribution in [2.75, 3.05) is 39.3 Å². The molecule has 4 N–H and O–H groups in total. The van der Waals surface area contributed by atoms with Crippen molar-refractivity contribution in [2.45, 2.75) is 0 Å². The van der Waals surface area contributed by atoms with E-state index in [1.165, 1.54) is 0 Å². The Kier molecular flexibility index (Phi) is 4.95. The minimum atomic E-state index is -0.121. The van der Waals surface area contributed by atoms with Crippen molar-refractivity contribution in [3.8, 4) is 0 Å². The highest BCUT2D eigenvalue weighted by Gasteiger charge is 2.11. The third-order valence-corrected chi connectivity index (χ3v) is 1.85. The van der Waals surface area contributed by atoms with Crippen LogP contribution in [0.15, 0.2) is 0 Å². The fourth-order valence-corrected chi connectivity index (χ4v) is 1.09. The van der Waals surface area contributed by atoms with Gasteiger partial charge in [0.05, 0.1) is 13.1 Å². The Morgan fingerprint density at radius 1 is 0.714 bits per heavy atom. The molecular formula is C8H16N4O2. The van der Waals surface area contributed by atoms with Gasteiger partial charge in [-0.25, -0.2) is 0 Å². The van der Waals surface area contributed by atoms with E-state index in [-0.39, 0.29) is 24.9 Å². The van der Waals surface area contributed by atoms with Crippen LogP contribution < -0.4 is 21.3 Å². The number of amides is 2. The zero-order chi connectivity index (χ0) is 10.2. The van der Waals surface area contributed by atoms with E-state index in [1.54, 1.807) is 0 Å². The van der Waals surface area contributed by atoms with Crippen molar-refractivity contribution in [1.82, 2.24) is 21.3 Å². The molecule has 2 amide bonds. The molecule has 0 aromatic rings. The van der Waals surface area contributed by atoms with Gasteiger partial charge in [-0.1, -0.05) is 0 Å². The summed E-state index contributed by atoms with van der Waals surface area (Å²) in [6, 6.07) is 0. The maximum atomic E-state index is 10.3. The fraction of sp³-hybridized carbons (Fsp3) is 0.750. The lowest BCUT2D eigenvalue weighted by molar-refractivity contribution is -0.130. The summed E-state index contributed by atoms with van der Waals surface area (Å²) in [6.45, 7) is 4.80. The van der Waals surface area contributed by atoms with E-state index in [1.807, 2.05) is 0 Å². The predicted octanol–water partition coefficient (Wildman–Crippen LogP) is -2.59. The number of carbonyl (C=O) groups excluding carboxylic acids is 2. The molecule has 80 valence electrons. The summed E-state index contributed by atoms with van der Waals surface area (Å²) in [5, 5.41) is 11.2. The van der Waals surface area contributed by atoms with Gasteiger partial charge in [0, 0.05) is 26.2 Å². The first-order chi connectivity index (χ1) is 6.79. The smallest absolute Gasteiger partial charge is 0.239 e. The molecule has 0 aromatic heterocycles. The largest absolute Gasteiger partial charge is 0.346 e. The number of carbonyl (C=O) groups is 2. The molecule has 6 heteroatoms. The van der Waals surface area contributed by atoms with Gasteiger partial charge < -0.3 is 21.3 Å². The van der Waals surface area contributed by atoms with E-state index in [0.29, 0.717) is 0 Å². The van der Waals surface area contributed by atoms with Gasteiger partial charge in [0.15, 0.2) is 0 Å². The van der Waals surface area contributed by atoms with Crippen molar-refractivity contribution < 1.29 is 9.59 Å². The molecule has 2 fully saturated rings. The Morgan fingerprint density at radius 2 is 1.07 bits per heavy atom. The molecule has 6 nitrogen and oxygen atoms in total. The topological polar surface area (TPSA) is 82.3 Å². The first-order valence-electron chi connectivity index (χ1n) is 4.74. The lowest BCUT2D eigenvalue weighted by Gasteiger charge is -2.11. The summed E-state index contributed by atoms with van der Waals surface area (Å²) in [7, 11) is 0. The van der Waals surface area contributed by atoms with Gasteiger partial charge in [-0.2, -0.15) is 0 Å². The second-order valence-corrected chi connectivity index (χ2v) is 3.05. The minimum Gasteiger partial charge on any atom is -0.346 e. The summed E-state index contributed by atoms with van der Waals surface area (Å²) in [5.41, 5.74) is 0. The van der Waals surface area contributed by atoms with Gasteiger partial charge >= 0.3 is 0 Å². The molecule has 0 aromatic carbocycles. The van der Waals surface area contributed by atoms with Crippen LogP contribution in [-0.4, -0.2) is 51.1 Å². The normalized spacial score (nSPS) is 21.4. The predicted molar refractivity (Wildman–Crippen MR) is 51.8 cm³/mol.